The van der Waals surface area contributed by atoms with Gasteiger partial charge in [0, 0.05) is 104 Å². The Labute approximate surface area is 328 Å². The lowest BCUT2D eigenvalue weighted by Crippen LogP contribution is -2.56. The van der Waals surface area contributed by atoms with Crippen LogP contribution in [0.5, 0.6) is 0 Å². The Bertz CT molecular complexity index is 1470. The Hall–Kier alpha value is -4.64. The molecular weight excluding hydrogens is 739 g/mol. The van der Waals surface area contributed by atoms with Crippen LogP contribution in [0.2, 0.25) is 0 Å². The van der Waals surface area contributed by atoms with Gasteiger partial charge in [-0.15, -0.1) is 24.8 Å². The molecule has 8 amide bonds. The van der Waals surface area contributed by atoms with Gasteiger partial charge < -0.3 is 51.5 Å². The van der Waals surface area contributed by atoms with E-state index < -0.39 is 0 Å². The van der Waals surface area contributed by atoms with Crippen molar-refractivity contribution in [3.8, 4) is 0 Å². The average Bonchev–Trinajstić information content (AvgIpc) is 3.18. The molecule has 16 nitrogen and oxygen atoms in total. The van der Waals surface area contributed by atoms with E-state index in [1.807, 2.05) is 48.5 Å². The van der Waals surface area contributed by atoms with Crippen LogP contribution in [0.15, 0.2) is 48.5 Å². The lowest BCUT2D eigenvalue weighted by Gasteiger charge is -2.37. The first-order valence-electron chi connectivity index (χ1n) is 17.9. The number of amides is 8. The molecule has 18 heteroatoms. The van der Waals surface area contributed by atoms with E-state index in [1.165, 1.54) is 9.80 Å². The van der Waals surface area contributed by atoms with Crippen molar-refractivity contribution in [1.29, 1.82) is 0 Å². The largest absolute Gasteiger partial charge is 0.338 e. The van der Waals surface area contributed by atoms with E-state index in [0.717, 1.165) is 22.3 Å². The predicted octanol–water partition coefficient (Wildman–Crippen LogP) is 0.306. The number of rotatable bonds is 10. The van der Waals surface area contributed by atoms with Crippen LogP contribution in [0, 0.1) is 0 Å². The highest BCUT2D eigenvalue weighted by Crippen LogP contribution is 2.12. The maximum Gasteiger partial charge on any atom is 0.317 e. The van der Waals surface area contributed by atoms with Gasteiger partial charge in [-0.1, -0.05) is 48.5 Å². The average molecular weight is 792 g/mol. The van der Waals surface area contributed by atoms with Gasteiger partial charge in [0.05, 0.1) is 13.1 Å². The molecule has 296 valence electrons. The number of nitrogens with zero attached hydrogens (tertiary/aromatic N) is 6. The van der Waals surface area contributed by atoms with Crippen LogP contribution in [0.1, 0.15) is 35.1 Å². The fourth-order valence-corrected chi connectivity index (χ4v) is 6.37. The zero-order chi connectivity index (χ0) is 37.0. The fraction of sp³-hybridized carbons (Fsp3) is 0.500. The van der Waals surface area contributed by atoms with Gasteiger partial charge in [0.1, 0.15) is 0 Å². The van der Waals surface area contributed by atoms with Crippen molar-refractivity contribution in [2.75, 3.05) is 78.5 Å². The summed E-state index contributed by atoms with van der Waals surface area (Å²) >= 11 is 0. The van der Waals surface area contributed by atoms with Crippen molar-refractivity contribution in [3.05, 3.63) is 70.8 Å². The number of halogens is 2. The lowest BCUT2D eigenvalue weighted by atomic mass is 10.1. The van der Waals surface area contributed by atoms with E-state index in [1.54, 1.807) is 19.6 Å². The Kier molecular flexibility index (Phi) is 17.3. The standard InChI is InChI=1S/C36H50N10O6.2ClH/c37-21-27-1-5-29(6-2-27)23-39-35(51)43-17-13-41(14-18-43)33(49)25-45-11-9-32(48)46(12-10-31(45)47)26-34(50)42-15-19-44(20-16-42)36(52)40-24-30-7-3-28(22-38)4-8-30;;/h1-8H,9-26,37-38H2,(H,39,51)(H,40,52);2*1H. The number of nitrogens with one attached hydrogen (secondary N) is 2. The molecule has 54 heavy (non-hydrogen) atoms. The number of carbonyl (C=O) groups excluding carboxylic acids is 6. The number of hydrogen-bond acceptors (Lipinski definition) is 8. The molecule has 0 unspecified atom stereocenters. The maximum atomic E-state index is 13.1. The van der Waals surface area contributed by atoms with Gasteiger partial charge in [-0.2, -0.15) is 0 Å². The van der Waals surface area contributed by atoms with E-state index in [-0.39, 0.29) is 99.5 Å². The van der Waals surface area contributed by atoms with Crippen LogP contribution >= 0.6 is 24.8 Å². The van der Waals surface area contributed by atoms with E-state index in [9.17, 15) is 28.8 Å². The van der Waals surface area contributed by atoms with E-state index in [4.69, 9.17) is 11.5 Å². The molecule has 0 aliphatic carbocycles. The summed E-state index contributed by atoms with van der Waals surface area (Å²) < 4.78 is 0. The second-order valence-corrected chi connectivity index (χ2v) is 13.2. The van der Waals surface area contributed by atoms with E-state index >= 15 is 0 Å². The third kappa shape index (κ3) is 12.2. The molecule has 0 atom stereocenters. The first-order chi connectivity index (χ1) is 25.1. The molecular formula is C36H52Cl2N10O6. The summed E-state index contributed by atoms with van der Waals surface area (Å²) in [5.41, 5.74) is 15.2. The molecule has 0 aromatic heterocycles. The molecule has 0 saturated carbocycles. The summed E-state index contributed by atoms with van der Waals surface area (Å²) in [6.45, 7) is 4.39. The van der Waals surface area contributed by atoms with E-state index in [2.05, 4.69) is 10.6 Å². The number of nitrogens with two attached hydrogens (primary N) is 2. The van der Waals surface area contributed by atoms with Crippen molar-refractivity contribution >= 4 is 60.5 Å². The smallest absolute Gasteiger partial charge is 0.317 e. The van der Waals surface area contributed by atoms with Crippen molar-refractivity contribution in [1.82, 2.24) is 40.0 Å². The molecule has 3 fully saturated rings. The van der Waals surface area contributed by atoms with Gasteiger partial charge in [-0.25, -0.2) is 9.59 Å². The van der Waals surface area contributed by atoms with Crippen LogP contribution in [-0.2, 0) is 45.4 Å². The Morgan fingerprint density at radius 1 is 0.481 bits per heavy atom. The van der Waals surface area contributed by atoms with Gasteiger partial charge in [0.2, 0.25) is 23.6 Å². The zero-order valence-electron chi connectivity index (χ0n) is 30.5. The summed E-state index contributed by atoms with van der Waals surface area (Å²) in [4.78, 5) is 87.2. The molecule has 5 rings (SSSR count). The molecule has 3 saturated heterocycles. The van der Waals surface area contributed by atoms with Gasteiger partial charge in [-0.3, -0.25) is 19.2 Å². The molecule has 0 spiro atoms. The third-order valence-corrected chi connectivity index (χ3v) is 9.79. The molecule has 3 aliphatic rings. The van der Waals surface area contributed by atoms with Crippen LogP contribution in [0.4, 0.5) is 9.59 Å². The highest BCUT2D eigenvalue weighted by atomic mass is 35.5. The Morgan fingerprint density at radius 3 is 1.09 bits per heavy atom. The SMILES string of the molecule is Cl.Cl.NCc1ccc(CNC(=O)N2CCN(C(=O)CN3CCC(=O)N(CC(=O)N4CCN(C(=O)NCc5ccc(CN)cc5)CC4)CCC3=O)CC2)cc1. The van der Waals surface area contributed by atoms with E-state index in [0.29, 0.717) is 78.5 Å². The quantitative estimate of drug-likeness (QED) is 0.264. The summed E-state index contributed by atoms with van der Waals surface area (Å²) in [6, 6.07) is 15.0. The number of hydrogen-bond donors (Lipinski definition) is 4. The molecule has 2 aromatic carbocycles. The normalized spacial score (nSPS) is 16.5. The minimum absolute atomic E-state index is 0. The number of piperazine rings is 2. The number of carbonyl (C=O) groups is 6. The molecule has 2 aromatic rings. The van der Waals surface area contributed by atoms with Gasteiger partial charge in [0.25, 0.3) is 0 Å². The highest BCUT2D eigenvalue weighted by Gasteiger charge is 2.31. The molecule has 3 aliphatic heterocycles. The summed E-state index contributed by atoms with van der Waals surface area (Å²) in [6.07, 6.45) is -0.00378. The summed E-state index contributed by atoms with van der Waals surface area (Å²) in [5.74, 6) is -0.985. The Morgan fingerprint density at radius 2 is 0.778 bits per heavy atom. The Balaban J connectivity index is 0.00000392. The summed E-state index contributed by atoms with van der Waals surface area (Å²) in [7, 11) is 0. The van der Waals surface area contributed by atoms with Crippen LogP contribution < -0.4 is 22.1 Å². The monoisotopic (exact) mass is 790 g/mol. The molecule has 3 heterocycles. The van der Waals surface area contributed by atoms with Crippen LogP contribution in [0.3, 0.4) is 0 Å². The van der Waals surface area contributed by atoms with Gasteiger partial charge >= 0.3 is 12.1 Å². The van der Waals surface area contributed by atoms with Crippen LogP contribution in [0.25, 0.3) is 0 Å². The highest BCUT2D eigenvalue weighted by molar-refractivity contribution is 5.89. The first kappa shape index (κ1) is 43.8. The minimum atomic E-state index is -0.259. The topological polar surface area (TPSA) is 198 Å². The predicted molar refractivity (Wildman–Crippen MR) is 206 cm³/mol. The van der Waals surface area contributed by atoms with Gasteiger partial charge in [-0.05, 0) is 22.3 Å². The minimum Gasteiger partial charge on any atom is -0.338 e. The van der Waals surface area contributed by atoms with Crippen LogP contribution in [-0.4, -0.2) is 144 Å². The first-order valence-corrected chi connectivity index (χ1v) is 17.9. The van der Waals surface area contributed by atoms with Crippen molar-refractivity contribution in [2.24, 2.45) is 11.5 Å². The number of urea groups is 2. The molecule has 0 bridgehead atoms. The summed E-state index contributed by atoms with van der Waals surface area (Å²) in [5, 5.41) is 5.82. The third-order valence-electron chi connectivity index (χ3n) is 9.79. The second kappa shape index (κ2) is 21.3. The number of benzene rings is 2. The molecule has 6 N–H and O–H groups in total. The van der Waals surface area contributed by atoms with Crippen molar-refractivity contribution in [2.45, 2.75) is 39.0 Å². The lowest BCUT2D eigenvalue weighted by molar-refractivity contribution is -0.147. The van der Waals surface area contributed by atoms with Crippen molar-refractivity contribution in [3.63, 3.8) is 0 Å². The van der Waals surface area contributed by atoms with Crippen molar-refractivity contribution < 1.29 is 28.8 Å². The zero-order valence-corrected chi connectivity index (χ0v) is 32.1. The molecule has 0 radical (unpaired) electrons. The fourth-order valence-electron chi connectivity index (χ4n) is 6.37. The van der Waals surface area contributed by atoms with Gasteiger partial charge in [0.15, 0.2) is 0 Å². The maximum absolute atomic E-state index is 13.1. The second-order valence-electron chi connectivity index (χ2n) is 13.2.